The van der Waals surface area contributed by atoms with Gasteiger partial charge in [-0.3, -0.25) is 0 Å². The van der Waals surface area contributed by atoms with Crippen molar-refractivity contribution in [2.24, 2.45) is 5.16 Å². The molecule has 0 radical (unpaired) electrons. The Morgan fingerprint density at radius 3 is 2.94 bits per heavy atom. The first kappa shape index (κ1) is 9.95. The molecule has 88 valence electrons. The number of fused-ring (bicyclic) bond motifs is 1. The number of carbonyl (C=O) groups is 1. The standard InChI is InChI=1S/C11H9NO5/c13-11(14)10-4-7(12-17-10)6-1-2-8-9(3-6)16-5-15-8/h1-3,10H,4-5H2,(H,13,14)/t10-/m0/s1. The Bertz CT molecular complexity index is 511. The second-order valence-corrected chi connectivity index (χ2v) is 3.74. The van der Waals surface area contributed by atoms with Crippen LogP contribution in [0.15, 0.2) is 23.4 Å². The summed E-state index contributed by atoms with van der Waals surface area (Å²) in [4.78, 5) is 15.5. The molecule has 0 aromatic heterocycles. The normalized spacial score (nSPS) is 20.9. The molecule has 2 aliphatic rings. The summed E-state index contributed by atoms with van der Waals surface area (Å²) in [5, 5.41) is 12.6. The number of ether oxygens (including phenoxy) is 2. The number of carboxylic acids is 1. The van der Waals surface area contributed by atoms with Crippen molar-refractivity contribution in [1.29, 1.82) is 0 Å². The molecule has 0 fully saturated rings. The fraction of sp³-hybridized carbons (Fsp3) is 0.273. The topological polar surface area (TPSA) is 77.4 Å². The van der Waals surface area contributed by atoms with Crippen LogP contribution in [-0.4, -0.2) is 29.7 Å². The van der Waals surface area contributed by atoms with Gasteiger partial charge in [0.15, 0.2) is 11.5 Å². The van der Waals surface area contributed by atoms with E-state index in [9.17, 15) is 4.79 Å². The van der Waals surface area contributed by atoms with Gasteiger partial charge in [-0.15, -0.1) is 0 Å². The maximum Gasteiger partial charge on any atom is 0.348 e. The molecule has 1 atom stereocenters. The predicted molar refractivity (Wildman–Crippen MR) is 56.2 cm³/mol. The molecule has 0 saturated carbocycles. The van der Waals surface area contributed by atoms with Gasteiger partial charge in [0.25, 0.3) is 0 Å². The van der Waals surface area contributed by atoms with Crippen molar-refractivity contribution < 1.29 is 24.2 Å². The Labute approximate surface area is 96.4 Å². The van der Waals surface area contributed by atoms with E-state index in [-0.39, 0.29) is 13.2 Å². The summed E-state index contributed by atoms with van der Waals surface area (Å²) in [6.45, 7) is 0.208. The predicted octanol–water partition coefficient (Wildman–Crippen LogP) is 0.993. The Morgan fingerprint density at radius 2 is 2.18 bits per heavy atom. The number of oxime groups is 1. The highest BCUT2D eigenvalue weighted by atomic mass is 16.7. The van der Waals surface area contributed by atoms with Gasteiger partial charge in [-0.1, -0.05) is 5.16 Å². The molecule has 1 aromatic rings. The third-order valence-corrected chi connectivity index (χ3v) is 2.65. The second kappa shape index (κ2) is 3.65. The minimum absolute atomic E-state index is 0.208. The van der Waals surface area contributed by atoms with Crippen LogP contribution in [0.25, 0.3) is 0 Å². The van der Waals surface area contributed by atoms with E-state index in [1.165, 1.54) is 0 Å². The number of carboxylic acid groups (broad SMARTS) is 1. The van der Waals surface area contributed by atoms with Crippen LogP contribution in [0.3, 0.4) is 0 Å². The fourth-order valence-corrected chi connectivity index (χ4v) is 1.76. The zero-order valence-electron chi connectivity index (χ0n) is 8.75. The van der Waals surface area contributed by atoms with Gasteiger partial charge in [0.1, 0.15) is 0 Å². The van der Waals surface area contributed by atoms with Crippen molar-refractivity contribution in [2.45, 2.75) is 12.5 Å². The Hall–Kier alpha value is -2.24. The minimum Gasteiger partial charge on any atom is -0.478 e. The number of nitrogens with zero attached hydrogens (tertiary/aromatic N) is 1. The molecular weight excluding hydrogens is 226 g/mol. The van der Waals surface area contributed by atoms with E-state index in [1.54, 1.807) is 18.2 Å². The van der Waals surface area contributed by atoms with Gasteiger partial charge in [-0.05, 0) is 18.2 Å². The molecule has 1 aromatic carbocycles. The van der Waals surface area contributed by atoms with Crippen molar-refractivity contribution in [3.63, 3.8) is 0 Å². The van der Waals surface area contributed by atoms with Gasteiger partial charge >= 0.3 is 5.97 Å². The van der Waals surface area contributed by atoms with E-state index < -0.39 is 12.1 Å². The summed E-state index contributed by atoms with van der Waals surface area (Å²) in [5.41, 5.74) is 1.40. The third-order valence-electron chi connectivity index (χ3n) is 2.65. The molecule has 0 saturated heterocycles. The van der Waals surface area contributed by atoms with Crippen LogP contribution in [0.1, 0.15) is 12.0 Å². The van der Waals surface area contributed by atoms with Crippen molar-refractivity contribution in [3.8, 4) is 11.5 Å². The zero-order chi connectivity index (χ0) is 11.8. The molecule has 2 aliphatic heterocycles. The average Bonchev–Trinajstić information content (AvgIpc) is 2.97. The molecule has 17 heavy (non-hydrogen) atoms. The van der Waals surface area contributed by atoms with E-state index in [2.05, 4.69) is 5.16 Å². The van der Waals surface area contributed by atoms with Gasteiger partial charge in [-0.2, -0.15) is 0 Å². The van der Waals surface area contributed by atoms with Gasteiger partial charge in [0.05, 0.1) is 5.71 Å². The first-order chi connectivity index (χ1) is 8.24. The average molecular weight is 235 g/mol. The van der Waals surface area contributed by atoms with Crippen LogP contribution in [0.4, 0.5) is 0 Å². The third kappa shape index (κ3) is 1.67. The lowest BCUT2D eigenvalue weighted by atomic mass is 10.0. The van der Waals surface area contributed by atoms with Crippen LogP contribution in [-0.2, 0) is 9.63 Å². The first-order valence-electron chi connectivity index (χ1n) is 5.09. The van der Waals surface area contributed by atoms with Crippen LogP contribution in [0, 0.1) is 0 Å². The number of hydrogen-bond acceptors (Lipinski definition) is 5. The molecular formula is C11H9NO5. The van der Waals surface area contributed by atoms with E-state index >= 15 is 0 Å². The highest BCUT2D eigenvalue weighted by Gasteiger charge is 2.29. The van der Waals surface area contributed by atoms with Gasteiger partial charge in [0, 0.05) is 12.0 Å². The number of hydrogen-bond donors (Lipinski definition) is 1. The SMILES string of the molecule is O=C(O)[C@@H]1CC(c2ccc3c(c2)OCO3)=NO1. The molecule has 0 spiro atoms. The van der Waals surface area contributed by atoms with E-state index in [0.717, 1.165) is 5.56 Å². The van der Waals surface area contributed by atoms with E-state index in [1.807, 2.05) is 0 Å². The lowest BCUT2D eigenvalue weighted by molar-refractivity contribution is -0.148. The first-order valence-corrected chi connectivity index (χ1v) is 5.09. The quantitative estimate of drug-likeness (QED) is 0.827. The van der Waals surface area contributed by atoms with Gasteiger partial charge in [0.2, 0.25) is 12.9 Å². The Balaban J connectivity index is 1.84. The fourth-order valence-electron chi connectivity index (χ4n) is 1.76. The molecule has 6 heteroatoms. The Morgan fingerprint density at radius 1 is 1.35 bits per heavy atom. The summed E-state index contributed by atoms with van der Waals surface area (Å²) < 4.78 is 10.4. The number of rotatable bonds is 2. The van der Waals surface area contributed by atoms with Crippen LogP contribution in [0.2, 0.25) is 0 Å². The molecule has 2 heterocycles. The Kier molecular flexibility index (Phi) is 2.14. The number of aliphatic carboxylic acids is 1. The summed E-state index contributed by atoms with van der Waals surface area (Å²) in [7, 11) is 0. The summed E-state index contributed by atoms with van der Waals surface area (Å²) in [5.74, 6) is 0.316. The molecule has 0 amide bonds. The molecule has 0 unspecified atom stereocenters. The maximum absolute atomic E-state index is 10.7. The molecule has 0 aliphatic carbocycles. The van der Waals surface area contributed by atoms with Crippen molar-refractivity contribution >= 4 is 11.7 Å². The second-order valence-electron chi connectivity index (χ2n) is 3.74. The van der Waals surface area contributed by atoms with Crippen molar-refractivity contribution in [2.75, 3.05) is 6.79 Å². The molecule has 6 nitrogen and oxygen atoms in total. The number of benzene rings is 1. The monoisotopic (exact) mass is 235 g/mol. The highest BCUT2D eigenvalue weighted by molar-refractivity contribution is 6.03. The maximum atomic E-state index is 10.7. The van der Waals surface area contributed by atoms with E-state index in [4.69, 9.17) is 19.4 Å². The molecule has 3 rings (SSSR count). The van der Waals surface area contributed by atoms with Crippen LogP contribution in [0.5, 0.6) is 11.5 Å². The lowest BCUT2D eigenvalue weighted by Crippen LogP contribution is -2.19. The summed E-state index contributed by atoms with van der Waals surface area (Å²) >= 11 is 0. The van der Waals surface area contributed by atoms with E-state index in [0.29, 0.717) is 17.2 Å². The van der Waals surface area contributed by atoms with Crippen LogP contribution < -0.4 is 9.47 Å². The molecule has 1 N–H and O–H groups in total. The minimum atomic E-state index is -1.01. The van der Waals surface area contributed by atoms with Gasteiger partial charge < -0.3 is 19.4 Å². The van der Waals surface area contributed by atoms with Crippen LogP contribution >= 0.6 is 0 Å². The van der Waals surface area contributed by atoms with Gasteiger partial charge in [-0.25, -0.2) is 4.79 Å². The summed E-state index contributed by atoms with van der Waals surface area (Å²) in [6, 6.07) is 5.35. The smallest absolute Gasteiger partial charge is 0.348 e. The largest absolute Gasteiger partial charge is 0.478 e. The molecule has 0 bridgehead atoms. The van der Waals surface area contributed by atoms with Crippen molar-refractivity contribution in [3.05, 3.63) is 23.8 Å². The lowest BCUT2D eigenvalue weighted by Gasteiger charge is -2.01. The summed E-state index contributed by atoms with van der Waals surface area (Å²) in [6.07, 6.45) is -0.634. The zero-order valence-corrected chi connectivity index (χ0v) is 8.75. The highest BCUT2D eigenvalue weighted by Crippen LogP contribution is 2.33. The van der Waals surface area contributed by atoms with Crippen molar-refractivity contribution in [1.82, 2.24) is 0 Å².